The van der Waals surface area contributed by atoms with Crippen molar-refractivity contribution in [3.05, 3.63) is 33.8 Å². The number of nitro groups is 1. The Kier molecular flexibility index (Phi) is 1.94. The highest BCUT2D eigenvalue weighted by Gasteiger charge is 2.16. The predicted octanol–water partition coefficient (Wildman–Crippen LogP) is 0.292. The maximum Gasteiger partial charge on any atom is 0.346 e. The minimum absolute atomic E-state index is 0.131. The van der Waals surface area contributed by atoms with Gasteiger partial charge in [0, 0.05) is 6.42 Å². The minimum Gasteiger partial charge on any atom is -0.358 e. The molecular weight excluding hydrogens is 190 g/mol. The minimum atomic E-state index is -0.532. The zero-order valence-corrected chi connectivity index (χ0v) is 6.88. The average molecular weight is 195 g/mol. The lowest BCUT2D eigenvalue weighted by molar-refractivity contribution is -0.390. The van der Waals surface area contributed by atoms with Crippen LogP contribution < -0.4 is 0 Å². The Morgan fingerprint density at radius 2 is 2.43 bits per heavy atom. The second kappa shape index (κ2) is 3.24. The molecule has 0 saturated heterocycles. The monoisotopic (exact) mass is 195 g/mol. The fraction of sp³-hybridized carbons (Fsp3) is 0.167. The topological polar surface area (TPSA) is 111 Å². The van der Waals surface area contributed by atoms with Crippen molar-refractivity contribution in [1.82, 2.24) is 20.5 Å². The highest BCUT2D eigenvalue weighted by molar-refractivity contribution is 5.32. The lowest BCUT2D eigenvalue weighted by atomic mass is 10.2. The van der Waals surface area contributed by atoms with Gasteiger partial charge < -0.3 is 10.1 Å². The molecule has 0 aliphatic rings. The van der Waals surface area contributed by atoms with E-state index in [9.17, 15) is 10.1 Å². The molecule has 0 radical (unpaired) electrons. The van der Waals surface area contributed by atoms with Crippen molar-refractivity contribution in [3.8, 4) is 0 Å². The van der Waals surface area contributed by atoms with Crippen molar-refractivity contribution in [3.63, 3.8) is 0 Å². The van der Waals surface area contributed by atoms with Crippen LogP contribution in [0.4, 0.5) is 5.82 Å². The molecule has 2 aromatic heterocycles. The summed E-state index contributed by atoms with van der Waals surface area (Å²) in [6, 6.07) is 0. The number of aromatic nitrogens is 4. The van der Waals surface area contributed by atoms with Crippen molar-refractivity contribution in [1.29, 1.82) is 0 Å². The maximum atomic E-state index is 10.5. The second-order valence-corrected chi connectivity index (χ2v) is 2.58. The molecule has 14 heavy (non-hydrogen) atoms. The third-order valence-electron chi connectivity index (χ3n) is 1.66. The summed E-state index contributed by atoms with van der Waals surface area (Å²) < 4.78 is 4.36. The van der Waals surface area contributed by atoms with Gasteiger partial charge in [0.2, 0.25) is 0 Å². The van der Waals surface area contributed by atoms with Gasteiger partial charge in [-0.2, -0.15) is 0 Å². The first-order chi connectivity index (χ1) is 6.77. The Bertz CT molecular complexity index is 434. The number of aromatic amines is 1. The highest BCUT2D eigenvalue weighted by atomic mass is 16.6. The van der Waals surface area contributed by atoms with Gasteiger partial charge in [0.15, 0.2) is 0 Å². The Morgan fingerprint density at radius 1 is 1.57 bits per heavy atom. The number of nitrogens with zero attached hydrogens (tertiary/aromatic N) is 4. The zero-order valence-electron chi connectivity index (χ0n) is 6.88. The van der Waals surface area contributed by atoms with Crippen LogP contribution in [0.25, 0.3) is 0 Å². The molecular formula is C6H5N5O3. The quantitative estimate of drug-likeness (QED) is 0.556. The number of hydrogen-bond donors (Lipinski definition) is 1. The van der Waals surface area contributed by atoms with E-state index in [4.69, 9.17) is 0 Å². The van der Waals surface area contributed by atoms with Crippen LogP contribution in [-0.4, -0.2) is 25.4 Å². The third kappa shape index (κ3) is 1.44. The normalized spacial score (nSPS) is 10.3. The highest BCUT2D eigenvalue weighted by Crippen LogP contribution is 2.16. The summed E-state index contributed by atoms with van der Waals surface area (Å²) in [6.45, 7) is 0. The number of H-pyrrole nitrogens is 1. The number of hydrogen-bond acceptors (Lipinski definition) is 6. The van der Waals surface area contributed by atoms with Crippen LogP contribution in [0.5, 0.6) is 0 Å². The van der Waals surface area contributed by atoms with Gasteiger partial charge in [-0.15, -0.1) is 5.10 Å². The summed E-state index contributed by atoms with van der Waals surface area (Å²) in [5.74, 6) is -0.131. The Labute approximate surface area is 77.0 Å². The molecule has 0 saturated carbocycles. The van der Waals surface area contributed by atoms with Crippen LogP contribution >= 0.6 is 0 Å². The smallest absolute Gasteiger partial charge is 0.346 e. The summed E-state index contributed by atoms with van der Waals surface area (Å²) in [5.41, 5.74) is 0.972. The van der Waals surface area contributed by atoms with Crippen molar-refractivity contribution in [2.75, 3.05) is 0 Å². The van der Waals surface area contributed by atoms with E-state index in [2.05, 4.69) is 25.1 Å². The van der Waals surface area contributed by atoms with E-state index in [0.29, 0.717) is 11.3 Å². The molecule has 0 spiro atoms. The van der Waals surface area contributed by atoms with Gasteiger partial charge in [-0.05, 0) is 4.92 Å². The van der Waals surface area contributed by atoms with E-state index in [-0.39, 0.29) is 12.2 Å². The first-order valence-electron chi connectivity index (χ1n) is 3.70. The molecule has 1 N–H and O–H groups in total. The molecule has 8 heteroatoms. The molecule has 2 rings (SSSR count). The molecule has 0 aromatic carbocycles. The third-order valence-corrected chi connectivity index (χ3v) is 1.66. The maximum absolute atomic E-state index is 10.5. The van der Waals surface area contributed by atoms with Crippen molar-refractivity contribution in [2.24, 2.45) is 0 Å². The van der Waals surface area contributed by atoms with Crippen LogP contribution in [0, 0.1) is 10.1 Å². The molecule has 0 aliphatic heterocycles. The Balaban J connectivity index is 2.25. The van der Waals surface area contributed by atoms with Gasteiger partial charge in [-0.3, -0.25) is 0 Å². The van der Waals surface area contributed by atoms with Crippen molar-refractivity contribution in [2.45, 2.75) is 6.42 Å². The number of rotatable bonds is 3. The van der Waals surface area contributed by atoms with Gasteiger partial charge in [0.25, 0.3) is 0 Å². The molecule has 0 amide bonds. The van der Waals surface area contributed by atoms with Gasteiger partial charge in [-0.1, -0.05) is 15.4 Å². The predicted molar refractivity (Wildman–Crippen MR) is 42.3 cm³/mol. The summed E-state index contributed by atoms with van der Waals surface area (Å²) in [5, 5.41) is 23.3. The summed E-state index contributed by atoms with van der Waals surface area (Å²) >= 11 is 0. The Hall–Kier alpha value is -2.25. The second-order valence-electron chi connectivity index (χ2n) is 2.58. The van der Waals surface area contributed by atoms with Gasteiger partial charge in [-0.25, -0.2) is 4.63 Å². The summed E-state index contributed by atoms with van der Waals surface area (Å²) in [6.07, 6.45) is 3.06. The summed E-state index contributed by atoms with van der Waals surface area (Å²) in [4.78, 5) is 9.95. The molecule has 0 atom stereocenters. The van der Waals surface area contributed by atoms with E-state index in [1.165, 1.54) is 12.4 Å². The van der Waals surface area contributed by atoms with Crippen LogP contribution in [0.1, 0.15) is 11.3 Å². The molecule has 0 fully saturated rings. The van der Waals surface area contributed by atoms with Crippen molar-refractivity contribution >= 4 is 5.82 Å². The zero-order chi connectivity index (χ0) is 9.97. The Morgan fingerprint density at radius 3 is 3.07 bits per heavy atom. The molecule has 72 valence electrons. The molecule has 8 nitrogen and oxygen atoms in total. The van der Waals surface area contributed by atoms with Crippen LogP contribution in [0.3, 0.4) is 0 Å². The van der Waals surface area contributed by atoms with E-state index in [1.807, 2.05) is 0 Å². The summed E-state index contributed by atoms with van der Waals surface area (Å²) in [7, 11) is 0. The standard InChI is InChI=1S/C6H5N5O3/c12-11(13)6-4(2-7-9-6)1-5-3-8-14-10-5/h2-3H,1H2,(H,7,9). The molecule has 0 aliphatic carbocycles. The average Bonchev–Trinajstić information content (AvgIpc) is 2.75. The fourth-order valence-corrected chi connectivity index (χ4v) is 1.05. The van der Waals surface area contributed by atoms with E-state index in [0.717, 1.165) is 0 Å². The van der Waals surface area contributed by atoms with Gasteiger partial charge in [0.1, 0.15) is 5.69 Å². The van der Waals surface area contributed by atoms with E-state index < -0.39 is 4.92 Å². The SMILES string of the molecule is O=[N+]([O-])c1[nH]ncc1Cc1cnon1. The molecule has 2 aromatic rings. The van der Waals surface area contributed by atoms with E-state index in [1.54, 1.807) is 0 Å². The van der Waals surface area contributed by atoms with Crippen LogP contribution in [0.2, 0.25) is 0 Å². The van der Waals surface area contributed by atoms with E-state index >= 15 is 0 Å². The first-order valence-corrected chi connectivity index (χ1v) is 3.70. The first kappa shape index (κ1) is 8.35. The van der Waals surface area contributed by atoms with Crippen molar-refractivity contribution < 1.29 is 9.55 Å². The lowest BCUT2D eigenvalue weighted by Crippen LogP contribution is -1.94. The number of nitrogens with one attached hydrogen (secondary N) is 1. The molecule has 0 unspecified atom stereocenters. The molecule has 0 bridgehead atoms. The lowest BCUT2D eigenvalue weighted by Gasteiger charge is -1.92. The van der Waals surface area contributed by atoms with Gasteiger partial charge in [0.05, 0.1) is 18.0 Å². The van der Waals surface area contributed by atoms with Crippen LogP contribution in [-0.2, 0) is 6.42 Å². The fourth-order valence-electron chi connectivity index (χ4n) is 1.05. The molecule has 2 heterocycles. The van der Waals surface area contributed by atoms with Gasteiger partial charge >= 0.3 is 5.82 Å². The van der Waals surface area contributed by atoms with Crippen LogP contribution in [0.15, 0.2) is 17.0 Å². The largest absolute Gasteiger partial charge is 0.358 e.